The molecule has 0 aliphatic rings. The maximum absolute atomic E-state index is 11.6. The van der Waals surface area contributed by atoms with E-state index < -0.39 is 28.3 Å². The highest BCUT2D eigenvalue weighted by atomic mass is 35.5. The third-order valence-electron chi connectivity index (χ3n) is 1.80. The van der Waals surface area contributed by atoms with Gasteiger partial charge in [-0.05, 0) is 24.3 Å². The van der Waals surface area contributed by atoms with Gasteiger partial charge in [-0.1, -0.05) is 11.6 Å². The number of hydrogen-bond donors (Lipinski definition) is 2. The maximum Gasteiger partial charge on any atom is 0.181 e. The van der Waals surface area contributed by atoms with E-state index in [-0.39, 0.29) is 4.90 Å². The molecule has 1 rings (SSSR count). The lowest BCUT2D eigenvalue weighted by atomic mass is 10.4. The van der Waals surface area contributed by atoms with Gasteiger partial charge in [0.25, 0.3) is 0 Å². The van der Waals surface area contributed by atoms with E-state index in [2.05, 4.69) is 0 Å². The van der Waals surface area contributed by atoms with Gasteiger partial charge < -0.3 is 10.2 Å². The van der Waals surface area contributed by atoms with Crippen LogP contribution in [0.25, 0.3) is 0 Å². The number of rotatable bonds is 4. The highest BCUT2D eigenvalue weighted by Crippen LogP contribution is 2.15. The van der Waals surface area contributed by atoms with Gasteiger partial charge in [-0.25, -0.2) is 8.42 Å². The molecule has 0 aliphatic carbocycles. The molecule has 1 aromatic carbocycles. The van der Waals surface area contributed by atoms with Gasteiger partial charge in [-0.3, -0.25) is 0 Å². The molecule has 84 valence electrons. The highest BCUT2D eigenvalue weighted by molar-refractivity contribution is 7.91. The molecule has 0 saturated heterocycles. The predicted octanol–water partition coefficient (Wildman–Crippen LogP) is 0.467. The number of benzene rings is 1. The van der Waals surface area contributed by atoms with E-state index in [1.165, 1.54) is 24.3 Å². The van der Waals surface area contributed by atoms with Crippen molar-refractivity contribution in [3.8, 4) is 0 Å². The topological polar surface area (TPSA) is 74.6 Å². The van der Waals surface area contributed by atoms with E-state index in [9.17, 15) is 8.42 Å². The van der Waals surface area contributed by atoms with Gasteiger partial charge in [-0.2, -0.15) is 0 Å². The Balaban J connectivity index is 2.91. The summed E-state index contributed by atoms with van der Waals surface area (Å²) in [5.41, 5.74) is 0. The third kappa shape index (κ3) is 3.46. The molecule has 0 spiro atoms. The van der Waals surface area contributed by atoms with Crippen LogP contribution in [0.3, 0.4) is 0 Å². The van der Waals surface area contributed by atoms with Crippen molar-refractivity contribution < 1.29 is 18.6 Å². The predicted molar refractivity (Wildman–Crippen MR) is 56.6 cm³/mol. The van der Waals surface area contributed by atoms with Crippen LogP contribution in [-0.4, -0.2) is 37.1 Å². The van der Waals surface area contributed by atoms with Crippen LogP contribution in [-0.2, 0) is 9.84 Å². The lowest BCUT2D eigenvalue weighted by Crippen LogP contribution is -2.24. The van der Waals surface area contributed by atoms with E-state index in [0.717, 1.165) is 0 Å². The Labute approximate surface area is 93.0 Å². The van der Waals surface area contributed by atoms with Crippen LogP contribution in [0.4, 0.5) is 0 Å². The van der Waals surface area contributed by atoms with Crippen LogP contribution >= 0.6 is 11.6 Å². The monoisotopic (exact) mass is 250 g/mol. The molecule has 0 amide bonds. The summed E-state index contributed by atoms with van der Waals surface area (Å²) >= 11 is 5.61. The van der Waals surface area contributed by atoms with Crippen LogP contribution in [0.15, 0.2) is 29.2 Å². The normalized spacial score (nSPS) is 13.8. The molecule has 0 fully saturated rings. The Kier molecular flexibility index (Phi) is 4.10. The van der Waals surface area contributed by atoms with Crippen molar-refractivity contribution in [2.75, 3.05) is 12.4 Å². The summed E-state index contributed by atoms with van der Waals surface area (Å²) in [5.74, 6) is -0.495. The molecule has 0 radical (unpaired) electrons. The fourth-order valence-electron chi connectivity index (χ4n) is 1.04. The van der Waals surface area contributed by atoms with Crippen LogP contribution in [0.5, 0.6) is 0 Å². The van der Waals surface area contributed by atoms with E-state index in [0.29, 0.717) is 5.02 Å². The molecule has 1 unspecified atom stereocenters. The van der Waals surface area contributed by atoms with Crippen molar-refractivity contribution in [1.29, 1.82) is 0 Å². The molecular formula is C9H11ClO4S. The summed E-state index contributed by atoms with van der Waals surface area (Å²) in [6, 6.07) is 5.64. The van der Waals surface area contributed by atoms with Crippen LogP contribution in [0, 0.1) is 0 Å². The molecule has 0 bridgehead atoms. The first-order chi connectivity index (χ1) is 6.95. The molecule has 1 aromatic rings. The molecule has 1 atom stereocenters. The van der Waals surface area contributed by atoms with Crippen molar-refractivity contribution in [3.63, 3.8) is 0 Å². The molecule has 4 nitrogen and oxygen atoms in total. The number of aliphatic hydroxyl groups is 2. The molecular weight excluding hydrogens is 240 g/mol. The molecule has 0 aromatic heterocycles. The first kappa shape index (κ1) is 12.4. The van der Waals surface area contributed by atoms with Crippen molar-refractivity contribution in [2.45, 2.75) is 11.0 Å². The fraction of sp³-hybridized carbons (Fsp3) is 0.333. The number of hydrogen-bond acceptors (Lipinski definition) is 4. The Hall–Kier alpha value is -0.620. The molecule has 15 heavy (non-hydrogen) atoms. The zero-order valence-corrected chi connectivity index (χ0v) is 9.37. The zero-order chi connectivity index (χ0) is 11.5. The van der Waals surface area contributed by atoms with E-state index in [1.807, 2.05) is 0 Å². The van der Waals surface area contributed by atoms with Gasteiger partial charge in [0, 0.05) is 5.02 Å². The van der Waals surface area contributed by atoms with Crippen molar-refractivity contribution in [2.24, 2.45) is 0 Å². The number of aliphatic hydroxyl groups excluding tert-OH is 2. The molecule has 6 heteroatoms. The molecule has 2 N–H and O–H groups in total. The van der Waals surface area contributed by atoms with Crippen molar-refractivity contribution >= 4 is 21.4 Å². The SMILES string of the molecule is O=S(=O)(CC(O)CO)c1ccc(Cl)cc1. The van der Waals surface area contributed by atoms with Crippen LogP contribution in [0.2, 0.25) is 5.02 Å². The second-order valence-electron chi connectivity index (χ2n) is 3.07. The first-order valence-corrected chi connectivity index (χ1v) is 6.26. The first-order valence-electron chi connectivity index (χ1n) is 4.23. The molecule has 0 heterocycles. The lowest BCUT2D eigenvalue weighted by molar-refractivity contribution is 0.112. The minimum Gasteiger partial charge on any atom is -0.394 e. The second-order valence-corrected chi connectivity index (χ2v) is 5.54. The minimum absolute atomic E-state index is 0.0828. The van der Waals surface area contributed by atoms with E-state index >= 15 is 0 Å². The van der Waals surface area contributed by atoms with Crippen LogP contribution < -0.4 is 0 Å². The number of halogens is 1. The third-order valence-corrected chi connectivity index (χ3v) is 3.86. The Morgan fingerprint density at radius 2 is 1.80 bits per heavy atom. The summed E-state index contributed by atoms with van der Waals surface area (Å²) in [4.78, 5) is 0.0828. The second kappa shape index (κ2) is 4.94. The summed E-state index contributed by atoms with van der Waals surface area (Å²) in [5, 5.41) is 18.0. The lowest BCUT2D eigenvalue weighted by Gasteiger charge is -2.08. The van der Waals surface area contributed by atoms with Gasteiger partial charge in [0.1, 0.15) is 0 Å². The standard InChI is InChI=1S/C9H11ClO4S/c10-7-1-3-9(4-2-7)15(13,14)6-8(12)5-11/h1-4,8,11-12H,5-6H2. The summed E-state index contributed by atoms with van der Waals surface area (Å²) in [7, 11) is -3.56. The summed E-state index contributed by atoms with van der Waals surface area (Å²) in [6.07, 6.45) is -1.26. The average Bonchev–Trinajstić information content (AvgIpc) is 2.17. The summed E-state index contributed by atoms with van der Waals surface area (Å²) < 4.78 is 23.2. The smallest absolute Gasteiger partial charge is 0.181 e. The number of sulfone groups is 1. The van der Waals surface area contributed by atoms with Gasteiger partial charge in [0.05, 0.1) is 23.4 Å². The fourth-order valence-corrected chi connectivity index (χ4v) is 2.53. The Morgan fingerprint density at radius 3 is 2.27 bits per heavy atom. The van der Waals surface area contributed by atoms with Gasteiger partial charge >= 0.3 is 0 Å². The molecule has 0 aliphatic heterocycles. The summed E-state index contributed by atoms with van der Waals surface area (Å²) in [6.45, 7) is -0.577. The van der Waals surface area contributed by atoms with E-state index in [1.54, 1.807) is 0 Å². The largest absolute Gasteiger partial charge is 0.394 e. The zero-order valence-electron chi connectivity index (χ0n) is 7.80. The van der Waals surface area contributed by atoms with Gasteiger partial charge in [-0.15, -0.1) is 0 Å². The van der Waals surface area contributed by atoms with E-state index in [4.69, 9.17) is 21.8 Å². The van der Waals surface area contributed by atoms with Crippen LogP contribution in [0.1, 0.15) is 0 Å². The van der Waals surface area contributed by atoms with Gasteiger partial charge in [0.2, 0.25) is 0 Å². The average molecular weight is 251 g/mol. The quantitative estimate of drug-likeness (QED) is 0.815. The minimum atomic E-state index is -3.56. The Morgan fingerprint density at radius 1 is 1.27 bits per heavy atom. The molecule has 0 saturated carbocycles. The highest BCUT2D eigenvalue weighted by Gasteiger charge is 2.18. The van der Waals surface area contributed by atoms with Gasteiger partial charge in [0.15, 0.2) is 9.84 Å². The Bertz CT molecular complexity index is 412. The van der Waals surface area contributed by atoms with Crippen molar-refractivity contribution in [3.05, 3.63) is 29.3 Å². The maximum atomic E-state index is 11.6. The van der Waals surface area contributed by atoms with Crippen molar-refractivity contribution in [1.82, 2.24) is 0 Å².